The largest absolute Gasteiger partial charge is 0.377 e. The van der Waals surface area contributed by atoms with Crippen LogP contribution in [0.2, 0.25) is 0 Å². The van der Waals surface area contributed by atoms with E-state index in [0.717, 1.165) is 64.1 Å². The van der Waals surface area contributed by atoms with Crippen LogP contribution in [0, 0.1) is 11.3 Å². The molecular weight excluding hydrogens is 350 g/mol. The van der Waals surface area contributed by atoms with E-state index in [9.17, 15) is 0 Å². The van der Waals surface area contributed by atoms with Gasteiger partial charge in [-0.25, -0.2) is 4.98 Å². The van der Waals surface area contributed by atoms with E-state index in [1.54, 1.807) is 0 Å². The minimum Gasteiger partial charge on any atom is -0.377 e. The Kier molecular flexibility index (Phi) is 7.16. The Morgan fingerprint density at radius 3 is 2.68 bits per heavy atom. The molecule has 0 saturated carbocycles. The molecule has 2 aliphatic rings. The van der Waals surface area contributed by atoms with Crippen LogP contribution < -0.4 is 10.2 Å². The number of pyridine rings is 1. The number of ether oxygens (including phenoxy) is 1. The van der Waals surface area contributed by atoms with Crippen molar-refractivity contribution in [1.29, 1.82) is 0 Å². The van der Waals surface area contributed by atoms with Crippen LogP contribution in [0.5, 0.6) is 0 Å². The molecule has 2 fully saturated rings. The molecule has 0 spiro atoms. The van der Waals surface area contributed by atoms with Gasteiger partial charge in [-0.3, -0.25) is 4.99 Å². The van der Waals surface area contributed by atoms with Crippen molar-refractivity contribution >= 4 is 11.8 Å². The number of hydrogen-bond donors (Lipinski definition) is 1. The fraction of sp³-hybridized carbons (Fsp3) is 0.727. The van der Waals surface area contributed by atoms with E-state index in [1.807, 2.05) is 12.3 Å². The van der Waals surface area contributed by atoms with E-state index in [2.05, 4.69) is 59.9 Å². The zero-order chi connectivity index (χ0) is 20.0. The first-order valence-electron chi connectivity index (χ1n) is 10.8. The van der Waals surface area contributed by atoms with Gasteiger partial charge < -0.3 is 19.9 Å². The molecule has 0 aromatic carbocycles. The molecule has 1 N–H and O–H groups in total. The highest BCUT2D eigenvalue weighted by molar-refractivity contribution is 5.80. The molecule has 0 amide bonds. The predicted molar refractivity (Wildman–Crippen MR) is 116 cm³/mol. The molecule has 3 rings (SSSR count). The van der Waals surface area contributed by atoms with Gasteiger partial charge in [-0.05, 0) is 37.3 Å². The first-order valence-corrected chi connectivity index (χ1v) is 10.8. The molecule has 0 aliphatic carbocycles. The molecule has 2 aliphatic heterocycles. The number of piperazine rings is 1. The van der Waals surface area contributed by atoms with Gasteiger partial charge in [0.2, 0.25) is 0 Å². The Labute approximate surface area is 170 Å². The minimum absolute atomic E-state index is 0.160. The summed E-state index contributed by atoms with van der Waals surface area (Å²) in [5.41, 5.74) is 0.160. The topological polar surface area (TPSA) is 53.0 Å². The molecule has 156 valence electrons. The van der Waals surface area contributed by atoms with Crippen LogP contribution in [-0.4, -0.2) is 67.8 Å². The summed E-state index contributed by atoms with van der Waals surface area (Å²) in [4.78, 5) is 14.3. The first-order chi connectivity index (χ1) is 13.5. The van der Waals surface area contributed by atoms with E-state index in [-0.39, 0.29) is 11.5 Å². The molecule has 28 heavy (non-hydrogen) atoms. The Balaban J connectivity index is 1.61. The quantitative estimate of drug-likeness (QED) is 0.636. The van der Waals surface area contributed by atoms with Crippen molar-refractivity contribution in [3.63, 3.8) is 0 Å². The maximum atomic E-state index is 6.14. The van der Waals surface area contributed by atoms with Crippen LogP contribution in [0.15, 0.2) is 29.4 Å². The Hall–Kier alpha value is -1.82. The molecule has 1 aromatic heterocycles. The van der Waals surface area contributed by atoms with Crippen molar-refractivity contribution in [2.45, 2.75) is 46.6 Å². The molecule has 3 heterocycles. The van der Waals surface area contributed by atoms with Crippen molar-refractivity contribution in [3.05, 3.63) is 24.4 Å². The van der Waals surface area contributed by atoms with Crippen molar-refractivity contribution < 1.29 is 4.74 Å². The molecular formula is C22H37N5O. The predicted octanol–water partition coefficient (Wildman–Crippen LogP) is 3.01. The van der Waals surface area contributed by atoms with Gasteiger partial charge in [0.05, 0.1) is 6.10 Å². The summed E-state index contributed by atoms with van der Waals surface area (Å²) in [5, 5.41) is 3.50. The van der Waals surface area contributed by atoms with Crippen molar-refractivity contribution in [1.82, 2.24) is 15.2 Å². The molecule has 2 saturated heterocycles. The van der Waals surface area contributed by atoms with Gasteiger partial charge in [0.25, 0.3) is 0 Å². The number of nitrogens with one attached hydrogen (secondary N) is 1. The highest BCUT2D eigenvalue weighted by Crippen LogP contribution is 2.34. The van der Waals surface area contributed by atoms with E-state index in [0.29, 0.717) is 5.92 Å². The molecule has 1 aromatic rings. The van der Waals surface area contributed by atoms with E-state index >= 15 is 0 Å². The molecule has 2 atom stereocenters. The minimum atomic E-state index is 0.160. The summed E-state index contributed by atoms with van der Waals surface area (Å²) in [7, 11) is 0. The highest BCUT2D eigenvalue weighted by atomic mass is 16.5. The fourth-order valence-corrected chi connectivity index (χ4v) is 4.31. The molecule has 0 radical (unpaired) electrons. The Bertz CT molecular complexity index is 620. The third-order valence-electron chi connectivity index (χ3n) is 5.66. The third kappa shape index (κ3) is 5.37. The van der Waals surface area contributed by atoms with Gasteiger partial charge in [-0.1, -0.05) is 26.8 Å². The summed E-state index contributed by atoms with van der Waals surface area (Å²) >= 11 is 0. The maximum Gasteiger partial charge on any atom is 0.194 e. The van der Waals surface area contributed by atoms with Crippen LogP contribution in [-0.2, 0) is 4.74 Å². The second-order valence-electron chi connectivity index (χ2n) is 8.92. The zero-order valence-electron chi connectivity index (χ0n) is 18.0. The smallest absolute Gasteiger partial charge is 0.194 e. The summed E-state index contributed by atoms with van der Waals surface area (Å²) in [6, 6.07) is 6.11. The second-order valence-corrected chi connectivity index (χ2v) is 8.92. The summed E-state index contributed by atoms with van der Waals surface area (Å²) in [6.07, 6.45) is 4.50. The van der Waals surface area contributed by atoms with Crippen LogP contribution in [0.4, 0.5) is 5.82 Å². The number of aliphatic imine (C=N–C) groups is 1. The van der Waals surface area contributed by atoms with Crippen LogP contribution in [0.3, 0.4) is 0 Å². The number of rotatable bonds is 4. The normalized spacial score (nSPS) is 24.4. The number of aromatic nitrogens is 1. The SMILES string of the molecule is CCNC(=NCC1CCCOC1C(C)(C)C)N1CCN(c2ccccn2)CC1. The molecule has 0 bridgehead atoms. The average Bonchev–Trinajstić information content (AvgIpc) is 2.71. The maximum absolute atomic E-state index is 6.14. The van der Waals surface area contributed by atoms with Crippen LogP contribution in [0.1, 0.15) is 40.5 Å². The number of anilines is 1. The zero-order valence-corrected chi connectivity index (χ0v) is 18.0. The molecule has 2 unspecified atom stereocenters. The Morgan fingerprint density at radius 1 is 1.25 bits per heavy atom. The average molecular weight is 388 g/mol. The third-order valence-corrected chi connectivity index (χ3v) is 5.66. The van der Waals surface area contributed by atoms with Gasteiger partial charge >= 0.3 is 0 Å². The number of nitrogens with zero attached hydrogens (tertiary/aromatic N) is 4. The molecule has 6 heteroatoms. The summed E-state index contributed by atoms with van der Waals surface area (Å²) < 4.78 is 6.14. The van der Waals surface area contributed by atoms with Crippen molar-refractivity contribution in [2.24, 2.45) is 16.3 Å². The van der Waals surface area contributed by atoms with Gasteiger partial charge in [-0.15, -0.1) is 0 Å². The van der Waals surface area contributed by atoms with Gasteiger partial charge in [0.15, 0.2) is 5.96 Å². The lowest BCUT2D eigenvalue weighted by Crippen LogP contribution is -2.53. The van der Waals surface area contributed by atoms with E-state index in [4.69, 9.17) is 9.73 Å². The van der Waals surface area contributed by atoms with Crippen molar-refractivity contribution in [3.8, 4) is 0 Å². The second kappa shape index (κ2) is 9.59. The fourth-order valence-electron chi connectivity index (χ4n) is 4.31. The standard InChI is InChI=1S/C22H37N5O/c1-5-23-21(25-17-18-9-8-16-28-20(18)22(2,3)4)27-14-12-26(13-15-27)19-10-6-7-11-24-19/h6-7,10-11,18,20H,5,8-9,12-17H2,1-4H3,(H,23,25). The lowest BCUT2D eigenvalue weighted by atomic mass is 9.78. The monoisotopic (exact) mass is 387 g/mol. The van der Waals surface area contributed by atoms with E-state index in [1.165, 1.54) is 6.42 Å². The lowest BCUT2D eigenvalue weighted by Gasteiger charge is -2.40. The highest BCUT2D eigenvalue weighted by Gasteiger charge is 2.35. The van der Waals surface area contributed by atoms with E-state index < -0.39 is 0 Å². The summed E-state index contributed by atoms with van der Waals surface area (Å²) in [6.45, 7) is 15.5. The van der Waals surface area contributed by atoms with Gasteiger partial charge in [0.1, 0.15) is 5.82 Å². The molecule has 6 nitrogen and oxygen atoms in total. The van der Waals surface area contributed by atoms with Gasteiger partial charge in [0, 0.05) is 58.0 Å². The lowest BCUT2D eigenvalue weighted by molar-refractivity contribution is -0.0824. The first kappa shape index (κ1) is 20.9. The van der Waals surface area contributed by atoms with Crippen molar-refractivity contribution in [2.75, 3.05) is 50.8 Å². The van der Waals surface area contributed by atoms with Crippen LogP contribution >= 0.6 is 0 Å². The van der Waals surface area contributed by atoms with Crippen LogP contribution in [0.25, 0.3) is 0 Å². The summed E-state index contributed by atoms with van der Waals surface area (Å²) in [5.74, 6) is 2.61. The number of hydrogen-bond acceptors (Lipinski definition) is 4. The number of guanidine groups is 1. The van der Waals surface area contributed by atoms with Gasteiger partial charge in [-0.2, -0.15) is 0 Å². The Morgan fingerprint density at radius 2 is 2.04 bits per heavy atom.